The number of benzene rings is 2. The molecule has 37 heavy (non-hydrogen) atoms. The molecule has 0 spiro atoms. The Kier molecular flexibility index (Phi) is 10.2. The molecule has 9 nitrogen and oxygen atoms in total. The summed E-state index contributed by atoms with van der Waals surface area (Å²) in [5, 5.41) is 5.61. The monoisotopic (exact) mass is 511 g/mol. The lowest BCUT2D eigenvalue weighted by Gasteiger charge is -2.32. The van der Waals surface area contributed by atoms with Gasteiger partial charge in [-0.05, 0) is 35.2 Å². The molecule has 0 aromatic heterocycles. The third-order valence-electron chi connectivity index (χ3n) is 6.36. The first-order valence-electron chi connectivity index (χ1n) is 12.6. The Morgan fingerprint density at radius 3 is 2.24 bits per heavy atom. The van der Waals surface area contributed by atoms with Gasteiger partial charge in [0.25, 0.3) is 0 Å². The van der Waals surface area contributed by atoms with E-state index in [1.54, 1.807) is 21.3 Å². The molecule has 3 amide bonds. The van der Waals surface area contributed by atoms with Crippen molar-refractivity contribution < 1.29 is 28.6 Å². The van der Waals surface area contributed by atoms with Crippen LogP contribution in [0.3, 0.4) is 0 Å². The van der Waals surface area contributed by atoms with Crippen molar-refractivity contribution in [2.75, 3.05) is 41.0 Å². The van der Waals surface area contributed by atoms with E-state index in [1.807, 2.05) is 36.4 Å². The number of ether oxygens (including phenoxy) is 3. The first-order chi connectivity index (χ1) is 17.9. The average Bonchev–Trinajstić information content (AvgIpc) is 2.90. The first kappa shape index (κ1) is 27.8. The van der Waals surface area contributed by atoms with Crippen LogP contribution in [0, 0.1) is 0 Å². The summed E-state index contributed by atoms with van der Waals surface area (Å²) in [6.45, 7) is 2.48. The summed E-state index contributed by atoms with van der Waals surface area (Å²) in [6.07, 6.45) is 4.55. The van der Waals surface area contributed by atoms with Crippen molar-refractivity contribution in [2.45, 2.75) is 45.1 Å². The second-order valence-corrected chi connectivity index (χ2v) is 9.04. The second kappa shape index (κ2) is 13.5. The van der Waals surface area contributed by atoms with E-state index >= 15 is 0 Å². The van der Waals surface area contributed by atoms with E-state index in [-0.39, 0.29) is 30.8 Å². The Morgan fingerprint density at radius 2 is 1.65 bits per heavy atom. The molecule has 0 aliphatic carbocycles. The van der Waals surface area contributed by atoms with Crippen LogP contribution in [0.2, 0.25) is 0 Å². The molecule has 200 valence electrons. The van der Waals surface area contributed by atoms with Crippen LogP contribution < -0.4 is 24.8 Å². The number of hydrogen-bond acceptors (Lipinski definition) is 6. The van der Waals surface area contributed by atoms with Crippen LogP contribution in [0.25, 0.3) is 11.1 Å². The van der Waals surface area contributed by atoms with Gasteiger partial charge in [-0.2, -0.15) is 0 Å². The van der Waals surface area contributed by atoms with E-state index in [1.165, 1.54) is 4.90 Å². The van der Waals surface area contributed by atoms with Gasteiger partial charge < -0.3 is 29.7 Å². The van der Waals surface area contributed by atoms with Crippen molar-refractivity contribution in [3.63, 3.8) is 0 Å². The molecule has 0 radical (unpaired) electrons. The number of methoxy groups -OCH3 is 3. The summed E-state index contributed by atoms with van der Waals surface area (Å²) < 4.78 is 16.3. The number of unbranched alkanes of at least 4 members (excludes halogenated alkanes) is 3. The van der Waals surface area contributed by atoms with Crippen molar-refractivity contribution in [2.24, 2.45) is 0 Å². The lowest BCUT2D eigenvalue weighted by atomic mass is 9.98. The summed E-state index contributed by atoms with van der Waals surface area (Å²) >= 11 is 0. The number of carbonyl (C=O) groups is 3. The van der Waals surface area contributed by atoms with Crippen molar-refractivity contribution in [1.82, 2.24) is 15.5 Å². The van der Waals surface area contributed by atoms with Crippen molar-refractivity contribution in [3.8, 4) is 28.4 Å². The number of carbonyl (C=O) groups excluding carboxylic acids is 3. The molecular formula is C28H37N3O6. The van der Waals surface area contributed by atoms with Gasteiger partial charge in [0.15, 0.2) is 11.5 Å². The maximum Gasteiger partial charge on any atom is 0.246 e. The van der Waals surface area contributed by atoms with Gasteiger partial charge in [-0.1, -0.05) is 50.5 Å². The molecule has 2 N–H and O–H groups in total. The maximum atomic E-state index is 13.0. The number of hydrogen-bond donors (Lipinski definition) is 2. The summed E-state index contributed by atoms with van der Waals surface area (Å²) in [5.41, 5.74) is 2.70. The fourth-order valence-electron chi connectivity index (χ4n) is 4.37. The number of amides is 3. The predicted octanol–water partition coefficient (Wildman–Crippen LogP) is 2.95. The molecule has 3 rings (SSSR count). The van der Waals surface area contributed by atoms with Crippen molar-refractivity contribution in [1.29, 1.82) is 0 Å². The third-order valence-corrected chi connectivity index (χ3v) is 6.36. The minimum Gasteiger partial charge on any atom is -0.493 e. The molecular weight excluding hydrogens is 474 g/mol. The zero-order valence-corrected chi connectivity index (χ0v) is 22.1. The first-order valence-corrected chi connectivity index (χ1v) is 12.6. The fraction of sp³-hybridized carbons (Fsp3) is 0.464. The smallest absolute Gasteiger partial charge is 0.246 e. The molecule has 0 saturated carbocycles. The highest BCUT2D eigenvalue weighted by molar-refractivity contribution is 5.97. The van der Waals surface area contributed by atoms with Gasteiger partial charge in [0, 0.05) is 13.0 Å². The van der Waals surface area contributed by atoms with Crippen LogP contribution in [-0.4, -0.2) is 69.6 Å². The SMILES string of the molecule is CCCCCCNC(=O)CN1CC(=O)N[C@@H](Cc2ccc(-c3cc(OC)c(OC)c(OC)c3)cc2)C1=O. The van der Waals surface area contributed by atoms with E-state index < -0.39 is 6.04 Å². The van der Waals surface area contributed by atoms with E-state index in [0.717, 1.165) is 42.4 Å². The quantitative estimate of drug-likeness (QED) is 0.401. The Bertz CT molecular complexity index is 1060. The van der Waals surface area contributed by atoms with E-state index in [4.69, 9.17) is 14.2 Å². The molecule has 1 atom stereocenters. The van der Waals surface area contributed by atoms with Gasteiger partial charge in [0.2, 0.25) is 23.5 Å². The number of rotatable bonds is 13. The molecule has 0 unspecified atom stereocenters. The lowest BCUT2D eigenvalue weighted by molar-refractivity contribution is -0.146. The maximum absolute atomic E-state index is 13.0. The van der Waals surface area contributed by atoms with Crippen LogP contribution in [0.1, 0.15) is 38.2 Å². The zero-order valence-electron chi connectivity index (χ0n) is 22.1. The Morgan fingerprint density at radius 1 is 0.973 bits per heavy atom. The van der Waals surface area contributed by atoms with E-state index in [0.29, 0.717) is 30.2 Å². The number of nitrogens with one attached hydrogen (secondary N) is 2. The van der Waals surface area contributed by atoms with E-state index in [9.17, 15) is 14.4 Å². The highest BCUT2D eigenvalue weighted by atomic mass is 16.5. The lowest BCUT2D eigenvalue weighted by Crippen LogP contribution is -2.60. The van der Waals surface area contributed by atoms with Gasteiger partial charge in [-0.25, -0.2) is 0 Å². The van der Waals surface area contributed by atoms with Gasteiger partial charge in [-0.3, -0.25) is 14.4 Å². The summed E-state index contributed by atoms with van der Waals surface area (Å²) in [6, 6.07) is 10.7. The van der Waals surface area contributed by atoms with Crippen molar-refractivity contribution in [3.05, 3.63) is 42.0 Å². The number of nitrogens with zero attached hydrogens (tertiary/aromatic N) is 1. The predicted molar refractivity (Wildman–Crippen MR) is 141 cm³/mol. The van der Waals surface area contributed by atoms with Gasteiger partial charge >= 0.3 is 0 Å². The van der Waals surface area contributed by atoms with Crippen LogP contribution in [0.5, 0.6) is 17.2 Å². The summed E-state index contributed by atoms with van der Waals surface area (Å²) in [5.74, 6) is 0.867. The van der Waals surface area contributed by atoms with Crippen molar-refractivity contribution >= 4 is 17.7 Å². The van der Waals surface area contributed by atoms with Crippen LogP contribution in [0.4, 0.5) is 0 Å². The van der Waals surface area contributed by atoms with Crippen LogP contribution in [0.15, 0.2) is 36.4 Å². The number of piperazine rings is 1. The topological polar surface area (TPSA) is 106 Å². The highest BCUT2D eigenvalue weighted by Crippen LogP contribution is 2.41. The highest BCUT2D eigenvalue weighted by Gasteiger charge is 2.33. The van der Waals surface area contributed by atoms with Gasteiger partial charge in [0.1, 0.15) is 19.1 Å². The van der Waals surface area contributed by atoms with Gasteiger partial charge in [0.05, 0.1) is 21.3 Å². The summed E-state index contributed by atoms with van der Waals surface area (Å²) in [7, 11) is 4.70. The molecule has 9 heteroatoms. The normalized spacial score (nSPS) is 15.2. The summed E-state index contributed by atoms with van der Waals surface area (Å²) in [4.78, 5) is 38.9. The largest absolute Gasteiger partial charge is 0.493 e. The molecule has 1 aliphatic heterocycles. The average molecular weight is 512 g/mol. The molecule has 0 bridgehead atoms. The molecule has 1 saturated heterocycles. The third kappa shape index (κ3) is 7.38. The zero-order chi connectivity index (χ0) is 26.8. The van der Waals surface area contributed by atoms with Gasteiger partial charge in [-0.15, -0.1) is 0 Å². The Balaban J connectivity index is 1.64. The van der Waals surface area contributed by atoms with E-state index in [2.05, 4.69) is 17.6 Å². The fourth-order valence-corrected chi connectivity index (χ4v) is 4.37. The van der Waals surface area contributed by atoms with Crippen LogP contribution >= 0.6 is 0 Å². The molecule has 1 heterocycles. The second-order valence-electron chi connectivity index (χ2n) is 9.04. The minimum atomic E-state index is -0.717. The molecule has 1 fully saturated rings. The standard InChI is InChI=1S/C28H37N3O6/c1-5-6-7-8-13-29-25(32)17-31-18-26(33)30-22(28(31)34)14-19-9-11-20(12-10-19)21-15-23(35-2)27(37-4)24(16-21)36-3/h9-12,15-16,22H,5-8,13-14,17-18H2,1-4H3,(H,29,32)(H,30,33)/t22-/m0/s1. The molecule has 1 aliphatic rings. The Labute approximate surface area is 218 Å². The Hall–Kier alpha value is -3.75. The molecule has 2 aromatic rings. The molecule has 2 aromatic carbocycles. The minimum absolute atomic E-state index is 0.112. The van der Waals surface area contributed by atoms with Crippen LogP contribution in [-0.2, 0) is 20.8 Å².